The zero-order chi connectivity index (χ0) is 26.1. The lowest BCUT2D eigenvalue weighted by molar-refractivity contribution is -0.181. The Hall–Kier alpha value is -3.15. The number of benzene rings is 1. The first-order chi connectivity index (χ1) is 16.3. The van der Waals surface area contributed by atoms with Gasteiger partial charge in [-0.05, 0) is 44.5 Å². The Balaban J connectivity index is 1.91. The normalized spacial score (nSPS) is 32.3. The summed E-state index contributed by atoms with van der Waals surface area (Å²) < 4.78 is 0. The van der Waals surface area contributed by atoms with Crippen molar-refractivity contribution in [2.75, 3.05) is 33.1 Å². The minimum atomic E-state index is -2.73. The third-order valence-electron chi connectivity index (χ3n) is 7.82. The largest absolute Gasteiger partial charge is 0.507 e. The summed E-state index contributed by atoms with van der Waals surface area (Å²) in [6.45, 7) is -0.0489. The average Bonchev–Trinajstić information content (AvgIpc) is 2.75. The molecule has 0 radical (unpaired) electrons. The Morgan fingerprint density at radius 1 is 1.14 bits per heavy atom. The number of phenolic OH excluding ortho intramolecular Hbond substituents is 1. The van der Waals surface area contributed by atoms with E-state index in [1.165, 1.54) is 4.90 Å². The number of aromatic hydroxyl groups is 1. The molecule has 3 aliphatic carbocycles. The number of anilines is 1. The molecule has 35 heavy (non-hydrogen) atoms. The molecule has 0 heterocycles. The van der Waals surface area contributed by atoms with Crippen LogP contribution in [0.25, 0.3) is 0 Å². The zero-order valence-electron chi connectivity index (χ0n) is 20.1. The number of ketones is 4. The molecular weight excluding hydrogens is 456 g/mol. The van der Waals surface area contributed by atoms with Crippen LogP contribution in [0, 0.1) is 23.7 Å². The summed E-state index contributed by atoms with van der Waals surface area (Å²) in [6.07, 6.45) is 0.216. The Morgan fingerprint density at radius 3 is 2.29 bits per heavy atom. The van der Waals surface area contributed by atoms with Gasteiger partial charge in [0.25, 0.3) is 0 Å². The van der Waals surface area contributed by atoms with E-state index in [0.29, 0.717) is 16.8 Å². The van der Waals surface area contributed by atoms with E-state index in [1.807, 2.05) is 0 Å². The number of nitrogens with zero attached hydrogens (tertiary/aromatic N) is 2. The number of rotatable bonds is 4. The highest BCUT2D eigenvalue weighted by molar-refractivity contribution is 6.32. The van der Waals surface area contributed by atoms with Crippen molar-refractivity contribution in [3.63, 3.8) is 0 Å². The van der Waals surface area contributed by atoms with Crippen LogP contribution in [0.4, 0.5) is 5.69 Å². The van der Waals surface area contributed by atoms with Gasteiger partial charge in [-0.25, -0.2) is 0 Å². The second kappa shape index (κ2) is 8.21. The lowest BCUT2D eigenvalue weighted by atomic mass is 9.52. The number of primary amides is 1. The molecule has 188 valence electrons. The smallest absolute Gasteiger partial charge is 0.235 e. The number of hydrogen-bond acceptors (Lipinski definition) is 10. The maximum Gasteiger partial charge on any atom is 0.235 e. The van der Waals surface area contributed by atoms with Gasteiger partial charge in [-0.2, -0.15) is 0 Å². The maximum atomic E-state index is 13.8. The molecule has 3 aliphatic rings. The summed E-state index contributed by atoms with van der Waals surface area (Å²) >= 11 is 0. The molecule has 2 saturated carbocycles. The van der Waals surface area contributed by atoms with E-state index in [4.69, 9.17) is 11.5 Å². The molecule has 0 bridgehead atoms. The highest BCUT2D eigenvalue weighted by Crippen LogP contribution is 2.52. The second-order valence-corrected chi connectivity index (χ2v) is 10.1. The summed E-state index contributed by atoms with van der Waals surface area (Å²) in [4.78, 5) is 69.1. The van der Waals surface area contributed by atoms with E-state index in [1.54, 1.807) is 39.2 Å². The van der Waals surface area contributed by atoms with Crippen molar-refractivity contribution in [3.05, 3.63) is 22.8 Å². The number of aliphatic hydroxyl groups is 1. The Labute approximate surface area is 202 Å². The molecule has 6 atom stereocenters. The van der Waals surface area contributed by atoms with Crippen molar-refractivity contribution >= 4 is 34.7 Å². The fourth-order valence-corrected chi connectivity index (χ4v) is 6.26. The molecule has 1 aromatic carbocycles. The molecule has 0 spiro atoms. The van der Waals surface area contributed by atoms with Gasteiger partial charge in [0.2, 0.25) is 5.91 Å². The van der Waals surface area contributed by atoms with E-state index in [0.717, 1.165) is 0 Å². The van der Waals surface area contributed by atoms with Gasteiger partial charge in [0, 0.05) is 37.8 Å². The van der Waals surface area contributed by atoms with Gasteiger partial charge in [-0.15, -0.1) is 0 Å². The number of hydrogen-bond donors (Lipinski definition) is 4. The van der Waals surface area contributed by atoms with Crippen LogP contribution in [0.3, 0.4) is 0 Å². The second-order valence-electron chi connectivity index (χ2n) is 10.1. The molecule has 2 fully saturated rings. The molecule has 6 N–H and O–H groups in total. The zero-order valence-corrected chi connectivity index (χ0v) is 20.1. The van der Waals surface area contributed by atoms with Gasteiger partial charge in [0.1, 0.15) is 5.75 Å². The number of carbonyl (C=O) groups is 5. The van der Waals surface area contributed by atoms with E-state index in [2.05, 4.69) is 0 Å². The third-order valence-corrected chi connectivity index (χ3v) is 7.82. The van der Waals surface area contributed by atoms with Crippen LogP contribution in [-0.2, 0) is 32.1 Å². The van der Waals surface area contributed by atoms with Crippen molar-refractivity contribution in [3.8, 4) is 5.75 Å². The molecule has 4 rings (SSSR count). The number of Topliss-reactive ketones (excluding diaryl/α,β-unsaturated/α-hetero) is 4. The minimum Gasteiger partial charge on any atom is -0.507 e. The number of fused-ring (bicyclic) bond motifs is 3. The van der Waals surface area contributed by atoms with Crippen molar-refractivity contribution in [2.45, 2.75) is 31.0 Å². The maximum absolute atomic E-state index is 13.8. The predicted octanol–water partition coefficient (Wildman–Crippen LogP) is -1.61. The van der Waals surface area contributed by atoms with E-state index >= 15 is 0 Å². The average molecular weight is 487 g/mol. The first kappa shape index (κ1) is 25.0. The van der Waals surface area contributed by atoms with E-state index in [-0.39, 0.29) is 30.7 Å². The number of phenols is 1. The van der Waals surface area contributed by atoms with Crippen molar-refractivity contribution in [1.29, 1.82) is 0 Å². The molecule has 0 aliphatic heterocycles. The number of carbonyl (C=O) groups excluding carboxylic acids is 5. The van der Waals surface area contributed by atoms with Gasteiger partial charge in [-0.3, -0.25) is 28.9 Å². The third kappa shape index (κ3) is 3.25. The topological polar surface area (TPSA) is 184 Å². The van der Waals surface area contributed by atoms with Crippen LogP contribution in [0.1, 0.15) is 27.9 Å². The van der Waals surface area contributed by atoms with Gasteiger partial charge in [0.15, 0.2) is 34.7 Å². The quantitative estimate of drug-likeness (QED) is 0.361. The number of nitrogens with two attached hydrogens (primary N) is 2. The molecular formula is C24H30N4O7. The Kier molecular flexibility index (Phi) is 5.86. The molecule has 11 heteroatoms. The summed E-state index contributed by atoms with van der Waals surface area (Å²) in [5.41, 5.74) is 9.81. The van der Waals surface area contributed by atoms with Gasteiger partial charge in [0.05, 0.1) is 17.5 Å². The molecule has 11 nitrogen and oxygen atoms in total. The minimum absolute atomic E-state index is 0.0101. The standard InChI is InChI=1S/C24H30N4O7/c1-27(2)13-7-10(8-25)18(29)15-11(13)5-9-6-12-17(28(3)4)20(31)16(23(26)34)22(33)24(12,35)21(32)14(9)19(15)30/h7,9,12,14,16-17,29,35H,5-6,8,25H2,1-4H3,(H2,26,34)/t9?,12?,14?,16?,17-,24+/m1/s1. The number of likely N-dealkylation sites (N-methyl/N-ethyl adjacent to an activating group) is 1. The number of amides is 1. The lowest BCUT2D eigenvalue weighted by Crippen LogP contribution is -2.74. The molecule has 1 aromatic rings. The van der Waals surface area contributed by atoms with E-state index < -0.39 is 64.4 Å². The Morgan fingerprint density at radius 2 is 1.77 bits per heavy atom. The predicted molar refractivity (Wildman–Crippen MR) is 124 cm³/mol. The van der Waals surface area contributed by atoms with Crippen LogP contribution in [0.15, 0.2) is 6.07 Å². The van der Waals surface area contributed by atoms with Crippen LogP contribution < -0.4 is 16.4 Å². The monoisotopic (exact) mass is 486 g/mol. The highest BCUT2D eigenvalue weighted by atomic mass is 16.3. The summed E-state index contributed by atoms with van der Waals surface area (Å²) in [5, 5.41) is 22.4. The Bertz CT molecular complexity index is 1180. The van der Waals surface area contributed by atoms with Crippen LogP contribution >= 0.6 is 0 Å². The first-order valence-electron chi connectivity index (χ1n) is 11.4. The summed E-state index contributed by atoms with van der Waals surface area (Å²) in [7, 11) is 6.65. The molecule has 0 aromatic heterocycles. The first-order valence-corrected chi connectivity index (χ1v) is 11.4. The fourth-order valence-electron chi connectivity index (χ4n) is 6.26. The van der Waals surface area contributed by atoms with Crippen LogP contribution in [-0.4, -0.2) is 84.0 Å². The highest BCUT2D eigenvalue weighted by Gasteiger charge is 2.69. The summed E-state index contributed by atoms with van der Waals surface area (Å²) in [6, 6.07) is 0.564. The molecule has 4 unspecified atom stereocenters. The van der Waals surface area contributed by atoms with Crippen LogP contribution in [0.5, 0.6) is 5.75 Å². The molecule has 0 saturated heterocycles. The van der Waals surface area contributed by atoms with Gasteiger partial charge in [-0.1, -0.05) is 0 Å². The molecule has 1 amide bonds. The van der Waals surface area contributed by atoms with E-state index in [9.17, 15) is 34.2 Å². The van der Waals surface area contributed by atoms with Crippen molar-refractivity contribution in [2.24, 2.45) is 35.1 Å². The van der Waals surface area contributed by atoms with Crippen molar-refractivity contribution < 1.29 is 34.2 Å². The fraction of sp³-hybridized carbons (Fsp3) is 0.542. The van der Waals surface area contributed by atoms with Gasteiger partial charge < -0.3 is 26.6 Å². The van der Waals surface area contributed by atoms with Crippen molar-refractivity contribution in [1.82, 2.24) is 4.90 Å². The lowest BCUT2D eigenvalue weighted by Gasteiger charge is -2.52. The summed E-state index contributed by atoms with van der Waals surface area (Å²) in [5.74, 6) is -10.6. The van der Waals surface area contributed by atoms with Gasteiger partial charge >= 0.3 is 0 Å². The SMILES string of the molecule is CN(C)c1cc(CN)c(O)c2c1CC1CC3[C@@H](N(C)C)C(=O)C(C(N)=O)C(=O)[C@@]3(O)C(=O)C1C2=O. The van der Waals surface area contributed by atoms with Crippen LogP contribution in [0.2, 0.25) is 0 Å².